The molecule has 0 saturated heterocycles. The molecule has 0 amide bonds. The minimum Gasteiger partial charge on any atom is -0.478 e. The zero-order chi connectivity index (χ0) is 12.9. The molecule has 0 unspecified atom stereocenters. The van der Waals surface area contributed by atoms with Crippen LogP contribution in [0.3, 0.4) is 0 Å². The van der Waals surface area contributed by atoms with Gasteiger partial charge in [0.25, 0.3) is 0 Å². The largest absolute Gasteiger partial charge is 0.478 e. The van der Waals surface area contributed by atoms with E-state index in [1.807, 2.05) is 6.07 Å². The zero-order valence-electron chi connectivity index (χ0n) is 9.48. The third-order valence-corrected chi connectivity index (χ3v) is 2.97. The first-order valence-corrected chi connectivity index (χ1v) is 5.37. The summed E-state index contributed by atoms with van der Waals surface area (Å²) in [6.07, 6.45) is 0. The van der Waals surface area contributed by atoms with Gasteiger partial charge in [-0.05, 0) is 13.0 Å². The van der Waals surface area contributed by atoms with E-state index in [9.17, 15) is 14.7 Å². The van der Waals surface area contributed by atoms with Crippen molar-refractivity contribution < 1.29 is 14.3 Å². The molecule has 5 nitrogen and oxygen atoms in total. The van der Waals surface area contributed by atoms with Gasteiger partial charge in [-0.1, -0.05) is 18.2 Å². The number of carboxylic acids is 1. The lowest BCUT2D eigenvalue weighted by Crippen LogP contribution is -2.08. The van der Waals surface area contributed by atoms with Crippen molar-refractivity contribution in [3.8, 4) is 0 Å². The average molecular weight is 243 g/mol. The fraction of sp³-hybridized carbons (Fsp3) is 0.0769. The predicted molar refractivity (Wildman–Crippen MR) is 66.0 cm³/mol. The van der Waals surface area contributed by atoms with Crippen molar-refractivity contribution in [3.05, 3.63) is 46.0 Å². The minimum atomic E-state index is -1.11. The van der Waals surface area contributed by atoms with Crippen molar-refractivity contribution in [1.29, 1.82) is 0 Å². The van der Waals surface area contributed by atoms with Crippen molar-refractivity contribution in [3.63, 3.8) is 0 Å². The molecular formula is C13H9NO4. The van der Waals surface area contributed by atoms with E-state index in [1.165, 1.54) is 6.92 Å². The number of H-pyrrole nitrogens is 1. The Bertz CT molecular complexity index is 841. The van der Waals surface area contributed by atoms with Crippen molar-refractivity contribution in [2.45, 2.75) is 6.92 Å². The highest BCUT2D eigenvalue weighted by Crippen LogP contribution is 2.28. The van der Waals surface area contributed by atoms with Gasteiger partial charge < -0.3 is 14.5 Å². The summed E-state index contributed by atoms with van der Waals surface area (Å²) in [5.41, 5.74) is 0.387. The van der Waals surface area contributed by atoms with Gasteiger partial charge in [-0.15, -0.1) is 0 Å². The number of hydrogen-bond donors (Lipinski definition) is 2. The first kappa shape index (κ1) is 10.6. The van der Waals surface area contributed by atoms with E-state index in [4.69, 9.17) is 4.42 Å². The normalized spacial score (nSPS) is 11.2. The third-order valence-electron chi connectivity index (χ3n) is 2.97. The van der Waals surface area contributed by atoms with E-state index in [1.54, 1.807) is 18.2 Å². The van der Waals surface area contributed by atoms with Crippen LogP contribution in [0.25, 0.3) is 21.8 Å². The number of aromatic carboxylic acids is 1. The summed E-state index contributed by atoms with van der Waals surface area (Å²) in [4.78, 5) is 26.0. The predicted octanol–water partition coefficient (Wildman–Crippen LogP) is 2.28. The molecule has 0 aliphatic carbocycles. The number of fused-ring (bicyclic) bond motifs is 3. The molecule has 0 atom stereocenters. The standard InChI is InChI=1S/C13H9NO4/c1-6-9(12(15)16)10-7-4-2-3-5-8(7)14-11(10)13(17)18-6/h2-5,14H,1H3,(H,15,16). The van der Waals surface area contributed by atoms with Crippen molar-refractivity contribution in [1.82, 2.24) is 4.98 Å². The summed E-state index contributed by atoms with van der Waals surface area (Å²) in [7, 11) is 0. The molecule has 0 saturated carbocycles. The van der Waals surface area contributed by atoms with Gasteiger partial charge in [0.1, 0.15) is 16.8 Å². The molecule has 3 rings (SSSR count). The summed E-state index contributed by atoms with van der Waals surface area (Å²) in [6, 6.07) is 7.17. The first-order chi connectivity index (χ1) is 8.59. The Morgan fingerprint density at radius 1 is 1.33 bits per heavy atom. The molecular weight excluding hydrogens is 234 g/mol. The summed E-state index contributed by atoms with van der Waals surface area (Å²) >= 11 is 0. The number of carbonyl (C=O) groups is 1. The van der Waals surface area contributed by atoms with Crippen LogP contribution in [0.1, 0.15) is 16.1 Å². The molecule has 0 aliphatic heterocycles. The molecule has 0 fully saturated rings. The smallest absolute Gasteiger partial charge is 0.360 e. The van der Waals surface area contributed by atoms with E-state index in [-0.39, 0.29) is 16.8 Å². The Balaban J connectivity index is 2.69. The van der Waals surface area contributed by atoms with Gasteiger partial charge in [0.05, 0.1) is 0 Å². The Morgan fingerprint density at radius 2 is 2.06 bits per heavy atom. The minimum absolute atomic E-state index is 0.0297. The number of aromatic amines is 1. The summed E-state index contributed by atoms with van der Waals surface area (Å²) in [6.45, 7) is 1.48. The van der Waals surface area contributed by atoms with Crippen LogP contribution in [-0.4, -0.2) is 16.1 Å². The van der Waals surface area contributed by atoms with Crippen LogP contribution in [0, 0.1) is 6.92 Å². The highest BCUT2D eigenvalue weighted by molar-refractivity contribution is 6.16. The van der Waals surface area contributed by atoms with Gasteiger partial charge in [-0.2, -0.15) is 0 Å². The SMILES string of the molecule is Cc1oc(=O)c2[nH]c3ccccc3c2c1C(=O)O. The van der Waals surface area contributed by atoms with Gasteiger partial charge in [0.2, 0.25) is 0 Å². The van der Waals surface area contributed by atoms with Gasteiger partial charge in [-0.25, -0.2) is 9.59 Å². The Morgan fingerprint density at radius 3 is 2.78 bits per heavy atom. The van der Waals surface area contributed by atoms with Crippen LogP contribution in [0.2, 0.25) is 0 Å². The number of nitrogens with one attached hydrogen (secondary N) is 1. The van der Waals surface area contributed by atoms with Gasteiger partial charge in [-0.3, -0.25) is 0 Å². The lowest BCUT2D eigenvalue weighted by atomic mass is 10.1. The van der Waals surface area contributed by atoms with Crippen molar-refractivity contribution in [2.24, 2.45) is 0 Å². The van der Waals surface area contributed by atoms with Gasteiger partial charge in [0.15, 0.2) is 0 Å². The third kappa shape index (κ3) is 1.27. The number of carboxylic acid groups (broad SMARTS) is 1. The van der Waals surface area contributed by atoms with Crippen molar-refractivity contribution in [2.75, 3.05) is 0 Å². The molecule has 2 aromatic heterocycles. The second-order valence-electron chi connectivity index (χ2n) is 4.05. The fourth-order valence-corrected chi connectivity index (χ4v) is 2.23. The van der Waals surface area contributed by atoms with Crippen LogP contribution in [0.5, 0.6) is 0 Å². The maximum absolute atomic E-state index is 11.8. The number of hydrogen-bond acceptors (Lipinski definition) is 3. The highest BCUT2D eigenvalue weighted by Gasteiger charge is 2.20. The Labute approximate surface area is 101 Å². The number of aryl methyl sites for hydroxylation is 1. The van der Waals surface area contributed by atoms with Crippen LogP contribution < -0.4 is 5.63 Å². The molecule has 2 heterocycles. The molecule has 90 valence electrons. The van der Waals surface area contributed by atoms with Crippen molar-refractivity contribution >= 4 is 27.8 Å². The van der Waals surface area contributed by atoms with Gasteiger partial charge >= 0.3 is 11.6 Å². The quantitative estimate of drug-likeness (QED) is 0.686. The summed E-state index contributed by atoms with van der Waals surface area (Å²) < 4.78 is 4.94. The zero-order valence-corrected chi connectivity index (χ0v) is 9.48. The topological polar surface area (TPSA) is 83.3 Å². The monoisotopic (exact) mass is 243 g/mol. The maximum atomic E-state index is 11.8. The van der Waals surface area contributed by atoms with Crippen LogP contribution in [-0.2, 0) is 0 Å². The van der Waals surface area contributed by atoms with Crippen LogP contribution in [0.15, 0.2) is 33.5 Å². The van der Waals surface area contributed by atoms with E-state index < -0.39 is 11.6 Å². The number of para-hydroxylation sites is 1. The van der Waals surface area contributed by atoms with E-state index >= 15 is 0 Å². The van der Waals surface area contributed by atoms with E-state index in [0.29, 0.717) is 16.3 Å². The lowest BCUT2D eigenvalue weighted by Gasteiger charge is -2.01. The van der Waals surface area contributed by atoms with E-state index in [0.717, 1.165) is 0 Å². The average Bonchev–Trinajstić information content (AvgIpc) is 2.69. The number of benzene rings is 1. The molecule has 2 N–H and O–H groups in total. The molecule has 0 spiro atoms. The van der Waals surface area contributed by atoms with Crippen LogP contribution in [0.4, 0.5) is 0 Å². The van der Waals surface area contributed by atoms with E-state index in [2.05, 4.69) is 4.98 Å². The second-order valence-corrected chi connectivity index (χ2v) is 4.05. The van der Waals surface area contributed by atoms with Crippen LogP contribution >= 0.6 is 0 Å². The first-order valence-electron chi connectivity index (χ1n) is 5.37. The lowest BCUT2D eigenvalue weighted by molar-refractivity contribution is 0.0695. The molecule has 0 aliphatic rings. The Hall–Kier alpha value is -2.56. The highest BCUT2D eigenvalue weighted by atomic mass is 16.4. The molecule has 5 heteroatoms. The maximum Gasteiger partial charge on any atom is 0.360 e. The Kier molecular flexibility index (Phi) is 2.04. The molecule has 1 aromatic carbocycles. The molecule has 3 aromatic rings. The van der Waals surface area contributed by atoms with Gasteiger partial charge in [0, 0.05) is 16.3 Å². The number of rotatable bonds is 1. The summed E-state index contributed by atoms with van der Waals surface area (Å²) in [5, 5.41) is 10.4. The summed E-state index contributed by atoms with van der Waals surface area (Å²) in [5.74, 6) is -0.990. The second kappa shape index (κ2) is 3.46. The fourth-order valence-electron chi connectivity index (χ4n) is 2.23. The number of aromatic nitrogens is 1. The molecule has 0 bridgehead atoms. The molecule has 0 radical (unpaired) electrons. The molecule has 18 heavy (non-hydrogen) atoms.